The number of nitrogens with zero attached hydrogens (tertiary/aromatic N) is 2. The summed E-state index contributed by atoms with van der Waals surface area (Å²) in [6.45, 7) is 5.64. The number of hydrogen-bond donors (Lipinski definition) is 1. The number of fused-ring (bicyclic) bond motifs is 1. The lowest BCUT2D eigenvalue weighted by Gasteiger charge is -2.11. The molecule has 0 saturated heterocycles. The summed E-state index contributed by atoms with van der Waals surface area (Å²) < 4.78 is 7.71. The monoisotopic (exact) mass is 457 g/mol. The van der Waals surface area contributed by atoms with Crippen LogP contribution < -0.4 is 10.7 Å². The molecule has 0 spiro atoms. The van der Waals surface area contributed by atoms with E-state index in [4.69, 9.17) is 4.74 Å². The number of carbonyl (C=O) groups is 2. The molecule has 1 amide bonds. The van der Waals surface area contributed by atoms with Gasteiger partial charge in [0.15, 0.2) is 6.61 Å². The summed E-state index contributed by atoms with van der Waals surface area (Å²) >= 11 is 3.39. The number of hydrogen-bond acceptors (Lipinski definition) is 5. The van der Waals surface area contributed by atoms with Gasteiger partial charge in [0.1, 0.15) is 11.2 Å². The van der Waals surface area contributed by atoms with Crippen molar-refractivity contribution in [3.05, 3.63) is 68.0 Å². The van der Waals surface area contributed by atoms with E-state index in [1.54, 1.807) is 28.8 Å². The molecule has 29 heavy (non-hydrogen) atoms. The predicted molar refractivity (Wildman–Crippen MR) is 114 cm³/mol. The van der Waals surface area contributed by atoms with Crippen LogP contribution in [0.25, 0.3) is 11.0 Å². The van der Waals surface area contributed by atoms with Gasteiger partial charge in [0.2, 0.25) is 5.43 Å². The SMILES string of the molecule is CCn1cc(C(=O)OCC(=O)Nc2ccc(Br)c(C)c2)c(=O)c2ccc(C)nc21. The van der Waals surface area contributed by atoms with Crippen LogP contribution in [-0.2, 0) is 16.1 Å². The van der Waals surface area contributed by atoms with Crippen molar-refractivity contribution >= 4 is 44.5 Å². The fraction of sp³-hybridized carbons (Fsp3) is 0.238. The third-order valence-corrected chi connectivity index (χ3v) is 5.29. The van der Waals surface area contributed by atoms with E-state index in [0.29, 0.717) is 23.3 Å². The molecule has 0 fully saturated rings. The Kier molecular flexibility index (Phi) is 6.12. The number of nitrogens with one attached hydrogen (secondary N) is 1. The van der Waals surface area contributed by atoms with Crippen molar-refractivity contribution in [3.8, 4) is 0 Å². The number of ether oxygens (including phenoxy) is 1. The molecule has 7 nitrogen and oxygen atoms in total. The third-order valence-electron chi connectivity index (χ3n) is 4.40. The summed E-state index contributed by atoms with van der Waals surface area (Å²) in [6, 6.07) is 8.70. The van der Waals surface area contributed by atoms with Gasteiger partial charge in [-0.1, -0.05) is 15.9 Å². The number of halogens is 1. The normalized spacial score (nSPS) is 10.8. The average Bonchev–Trinajstić information content (AvgIpc) is 2.69. The van der Waals surface area contributed by atoms with Gasteiger partial charge in [-0.25, -0.2) is 9.78 Å². The maximum absolute atomic E-state index is 12.7. The van der Waals surface area contributed by atoms with Crippen molar-refractivity contribution in [1.82, 2.24) is 9.55 Å². The molecule has 0 aliphatic carbocycles. The van der Waals surface area contributed by atoms with E-state index in [1.165, 1.54) is 6.20 Å². The molecule has 3 rings (SSSR count). The van der Waals surface area contributed by atoms with Crippen LogP contribution in [0.2, 0.25) is 0 Å². The zero-order valence-electron chi connectivity index (χ0n) is 16.3. The Morgan fingerprint density at radius 2 is 1.97 bits per heavy atom. The van der Waals surface area contributed by atoms with Gasteiger partial charge in [-0.05, 0) is 56.7 Å². The second-order valence-corrected chi connectivity index (χ2v) is 7.42. The van der Waals surface area contributed by atoms with Gasteiger partial charge < -0.3 is 14.6 Å². The van der Waals surface area contributed by atoms with E-state index in [2.05, 4.69) is 26.2 Å². The molecule has 0 aliphatic heterocycles. The van der Waals surface area contributed by atoms with Gasteiger partial charge in [-0.15, -0.1) is 0 Å². The summed E-state index contributed by atoms with van der Waals surface area (Å²) in [6.07, 6.45) is 1.43. The summed E-state index contributed by atoms with van der Waals surface area (Å²) in [5, 5.41) is 2.99. The maximum atomic E-state index is 12.7. The minimum Gasteiger partial charge on any atom is -0.452 e. The molecule has 0 saturated carbocycles. The van der Waals surface area contributed by atoms with Crippen molar-refractivity contribution < 1.29 is 14.3 Å². The number of amides is 1. The number of anilines is 1. The Morgan fingerprint density at radius 1 is 1.21 bits per heavy atom. The zero-order valence-corrected chi connectivity index (χ0v) is 17.9. The van der Waals surface area contributed by atoms with E-state index in [1.807, 2.05) is 26.8 Å². The van der Waals surface area contributed by atoms with Crippen molar-refractivity contribution in [2.45, 2.75) is 27.3 Å². The van der Waals surface area contributed by atoms with E-state index in [9.17, 15) is 14.4 Å². The molecule has 0 atom stereocenters. The smallest absolute Gasteiger partial charge is 0.344 e. The van der Waals surface area contributed by atoms with E-state index in [0.717, 1.165) is 15.7 Å². The first-order chi connectivity index (χ1) is 13.8. The molecular formula is C21H20BrN3O4. The first-order valence-corrected chi connectivity index (χ1v) is 9.83. The Morgan fingerprint density at radius 3 is 2.66 bits per heavy atom. The van der Waals surface area contributed by atoms with Gasteiger partial charge in [0.25, 0.3) is 5.91 Å². The molecule has 2 heterocycles. The fourth-order valence-electron chi connectivity index (χ4n) is 2.87. The van der Waals surface area contributed by atoms with E-state index < -0.39 is 23.9 Å². The van der Waals surface area contributed by atoms with Crippen molar-refractivity contribution in [3.63, 3.8) is 0 Å². The minimum atomic E-state index is -0.846. The Labute approximate surface area is 175 Å². The van der Waals surface area contributed by atoms with Crippen LogP contribution >= 0.6 is 15.9 Å². The molecule has 1 aromatic carbocycles. The van der Waals surface area contributed by atoms with Gasteiger partial charge in [0.05, 0.1) is 5.39 Å². The zero-order chi connectivity index (χ0) is 21.1. The number of rotatable bonds is 5. The molecule has 3 aromatic rings. The van der Waals surface area contributed by atoms with Crippen LogP contribution in [0, 0.1) is 13.8 Å². The first-order valence-electron chi connectivity index (χ1n) is 9.04. The summed E-state index contributed by atoms with van der Waals surface area (Å²) in [5.74, 6) is -1.34. The second-order valence-electron chi connectivity index (χ2n) is 6.57. The van der Waals surface area contributed by atoms with Gasteiger partial charge in [-0.3, -0.25) is 9.59 Å². The van der Waals surface area contributed by atoms with Gasteiger partial charge >= 0.3 is 5.97 Å². The quantitative estimate of drug-likeness (QED) is 0.591. The Balaban J connectivity index is 1.76. The molecule has 0 unspecified atom stereocenters. The van der Waals surface area contributed by atoms with Crippen molar-refractivity contribution in [2.75, 3.05) is 11.9 Å². The number of aryl methyl sites for hydroxylation is 3. The average molecular weight is 458 g/mol. The van der Waals surface area contributed by atoms with Gasteiger partial charge in [-0.2, -0.15) is 0 Å². The van der Waals surface area contributed by atoms with Crippen LogP contribution in [0.1, 0.15) is 28.5 Å². The molecule has 0 aliphatic rings. The lowest BCUT2D eigenvalue weighted by atomic mass is 10.2. The molecular weight excluding hydrogens is 438 g/mol. The number of pyridine rings is 2. The number of esters is 1. The first kappa shape index (κ1) is 20.7. The molecule has 1 N–H and O–H groups in total. The van der Waals surface area contributed by atoms with Gasteiger partial charge in [0, 0.05) is 28.6 Å². The third kappa shape index (κ3) is 4.54. The number of benzene rings is 1. The highest BCUT2D eigenvalue weighted by Gasteiger charge is 2.18. The number of carbonyl (C=O) groups excluding carboxylic acids is 2. The summed E-state index contributed by atoms with van der Waals surface area (Å²) in [5.41, 5.74) is 2.24. The molecule has 8 heteroatoms. The highest BCUT2D eigenvalue weighted by Crippen LogP contribution is 2.20. The lowest BCUT2D eigenvalue weighted by Crippen LogP contribution is -2.25. The van der Waals surface area contributed by atoms with E-state index in [-0.39, 0.29) is 5.56 Å². The topological polar surface area (TPSA) is 90.3 Å². The Bertz CT molecular complexity index is 1170. The molecule has 2 aromatic heterocycles. The molecule has 150 valence electrons. The van der Waals surface area contributed by atoms with Crippen molar-refractivity contribution in [2.24, 2.45) is 0 Å². The Hall–Kier alpha value is -3.00. The van der Waals surface area contributed by atoms with Crippen LogP contribution in [0.5, 0.6) is 0 Å². The highest BCUT2D eigenvalue weighted by molar-refractivity contribution is 9.10. The highest BCUT2D eigenvalue weighted by atomic mass is 79.9. The molecule has 0 radical (unpaired) electrons. The summed E-state index contributed by atoms with van der Waals surface area (Å²) in [7, 11) is 0. The van der Waals surface area contributed by atoms with Crippen LogP contribution in [0.15, 0.2) is 45.8 Å². The lowest BCUT2D eigenvalue weighted by molar-refractivity contribution is -0.119. The standard InChI is InChI=1S/C21H20BrN3O4/c1-4-25-10-16(19(27)15-7-5-13(3)23-20(15)25)21(28)29-11-18(26)24-14-6-8-17(22)12(2)9-14/h5-10H,4,11H2,1-3H3,(H,24,26). The maximum Gasteiger partial charge on any atom is 0.344 e. The largest absolute Gasteiger partial charge is 0.452 e. The van der Waals surface area contributed by atoms with Crippen molar-refractivity contribution in [1.29, 1.82) is 0 Å². The predicted octanol–water partition coefficient (Wildman–Crippen LogP) is 3.59. The van der Waals surface area contributed by atoms with E-state index >= 15 is 0 Å². The summed E-state index contributed by atoms with van der Waals surface area (Å²) in [4.78, 5) is 41.6. The second kappa shape index (κ2) is 8.57. The molecule has 0 bridgehead atoms. The van der Waals surface area contributed by atoms with Crippen LogP contribution in [-0.4, -0.2) is 28.0 Å². The minimum absolute atomic E-state index is 0.128. The van der Waals surface area contributed by atoms with Crippen LogP contribution in [0.3, 0.4) is 0 Å². The van der Waals surface area contributed by atoms with Crippen LogP contribution in [0.4, 0.5) is 5.69 Å². The number of aromatic nitrogens is 2. The fourth-order valence-corrected chi connectivity index (χ4v) is 3.12.